The van der Waals surface area contributed by atoms with Crippen LogP contribution in [0.2, 0.25) is 0 Å². The van der Waals surface area contributed by atoms with Gasteiger partial charge in [0.2, 0.25) is 11.8 Å². The Morgan fingerprint density at radius 3 is 2.71 bits per heavy atom. The van der Waals surface area contributed by atoms with E-state index >= 15 is 0 Å². The van der Waals surface area contributed by atoms with Crippen LogP contribution in [0.5, 0.6) is 5.75 Å². The fourth-order valence-electron chi connectivity index (χ4n) is 3.70. The van der Waals surface area contributed by atoms with Gasteiger partial charge in [-0.25, -0.2) is 0 Å². The van der Waals surface area contributed by atoms with Crippen molar-refractivity contribution in [1.29, 1.82) is 0 Å². The molecule has 0 saturated carbocycles. The smallest absolute Gasteiger partial charge is 0.224 e. The lowest BCUT2D eigenvalue weighted by Gasteiger charge is -2.37. The van der Waals surface area contributed by atoms with Crippen molar-refractivity contribution in [3.05, 3.63) is 65.2 Å². The molecule has 0 N–H and O–H groups in total. The summed E-state index contributed by atoms with van der Waals surface area (Å²) in [7, 11) is 1.79. The Hall–Kier alpha value is -2.82. The highest BCUT2D eigenvalue weighted by atomic mass is 16.5. The molecule has 1 atom stereocenters. The van der Waals surface area contributed by atoms with E-state index in [1.807, 2.05) is 54.3 Å². The lowest BCUT2D eigenvalue weighted by Crippen LogP contribution is -2.42. The topological polar surface area (TPSA) is 49.9 Å². The Bertz CT molecular complexity index is 849. The maximum absolute atomic E-state index is 12.8. The van der Waals surface area contributed by atoms with Gasteiger partial charge in [-0.15, -0.1) is 0 Å². The fourth-order valence-corrected chi connectivity index (χ4v) is 3.70. The second-order valence-electron chi connectivity index (χ2n) is 7.36. The highest BCUT2D eigenvalue weighted by Gasteiger charge is 2.31. The molecule has 0 saturated heterocycles. The number of amides is 2. The molecular formula is C23H28N2O3. The van der Waals surface area contributed by atoms with E-state index in [1.54, 1.807) is 18.9 Å². The normalized spacial score (nSPS) is 15.7. The first kappa shape index (κ1) is 19.9. The Morgan fingerprint density at radius 1 is 1.18 bits per heavy atom. The van der Waals surface area contributed by atoms with Crippen LogP contribution in [0.1, 0.15) is 36.1 Å². The zero-order chi connectivity index (χ0) is 20.1. The summed E-state index contributed by atoms with van der Waals surface area (Å²) >= 11 is 0. The van der Waals surface area contributed by atoms with Gasteiger partial charge in [-0.05, 0) is 42.2 Å². The van der Waals surface area contributed by atoms with Crippen molar-refractivity contribution < 1.29 is 14.3 Å². The van der Waals surface area contributed by atoms with Crippen molar-refractivity contribution in [2.75, 3.05) is 26.7 Å². The number of benzene rings is 2. The second kappa shape index (κ2) is 8.91. The number of carbonyl (C=O) groups is 2. The van der Waals surface area contributed by atoms with Gasteiger partial charge in [-0.2, -0.15) is 0 Å². The average molecular weight is 380 g/mol. The monoisotopic (exact) mass is 380 g/mol. The number of fused-ring (bicyclic) bond motifs is 1. The minimum Gasteiger partial charge on any atom is -0.492 e. The van der Waals surface area contributed by atoms with E-state index in [1.165, 1.54) is 5.56 Å². The van der Waals surface area contributed by atoms with Crippen LogP contribution < -0.4 is 4.74 Å². The van der Waals surface area contributed by atoms with Gasteiger partial charge >= 0.3 is 0 Å². The highest BCUT2D eigenvalue weighted by molar-refractivity contribution is 5.79. The molecule has 0 aromatic heterocycles. The Kier molecular flexibility index (Phi) is 6.34. The van der Waals surface area contributed by atoms with Crippen LogP contribution in [0.25, 0.3) is 0 Å². The molecule has 2 aromatic carbocycles. The number of nitrogens with zero attached hydrogens (tertiary/aromatic N) is 2. The maximum Gasteiger partial charge on any atom is 0.224 e. The van der Waals surface area contributed by atoms with Crippen molar-refractivity contribution in [3.63, 3.8) is 0 Å². The first-order chi connectivity index (χ1) is 13.5. The molecule has 0 fully saturated rings. The minimum atomic E-state index is -0.199. The molecule has 5 nitrogen and oxygen atoms in total. The minimum absolute atomic E-state index is 0.0118. The quantitative estimate of drug-likeness (QED) is 0.772. The zero-order valence-corrected chi connectivity index (χ0v) is 16.9. The summed E-state index contributed by atoms with van der Waals surface area (Å²) < 4.78 is 5.75. The van der Waals surface area contributed by atoms with Crippen molar-refractivity contribution in [3.8, 4) is 5.75 Å². The molecule has 0 spiro atoms. The molecule has 1 aliphatic rings. The molecule has 2 aromatic rings. The third-order valence-corrected chi connectivity index (χ3v) is 5.30. The lowest BCUT2D eigenvalue weighted by molar-refractivity contribution is -0.136. The number of likely N-dealkylation sites (N-methyl/N-ethyl adjacent to an activating group) is 1. The number of aryl methyl sites for hydroxylation is 1. The van der Waals surface area contributed by atoms with Gasteiger partial charge in [0.25, 0.3) is 0 Å². The molecule has 28 heavy (non-hydrogen) atoms. The summed E-state index contributed by atoms with van der Waals surface area (Å²) in [6.45, 7) is 5.19. The van der Waals surface area contributed by atoms with E-state index in [2.05, 4.69) is 6.07 Å². The summed E-state index contributed by atoms with van der Waals surface area (Å²) in [5.74, 6) is 0.836. The predicted molar refractivity (Wildman–Crippen MR) is 109 cm³/mol. The molecule has 148 valence electrons. The first-order valence-electron chi connectivity index (χ1n) is 9.74. The molecule has 1 heterocycles. The van der Waals surface area contributed by atoms with Gasteiger partial charge in [0.05, 0.1) is 19.0 Å². The molecule has 0 aliphatic carbocycles. The van der Waals surface area contributed by atoms with Crippen molar-refractivity contribution >= 4 is 11.8 Å². The summed E-state index contributed by atoms with van der Waals surface area (Å²) in [6.07, 6.45) is 1.12. The molecule has 1 aliphatic heterocycles. The predicted octanol–water partition coefficient (Wildman–Crippen LogP) is 3.37. The second-order valence-corrected chi connectivity index (χ2v) is 7.36. The highest BCUT2D eigenvalue weighted by Crippen LogP contribution is 2.32. The summed E-state index contributed by atoms with van der Waals surface area (Å²) in [5.41, 5.74) is 3.45. The van der Waals surface area contributed by atoms with E-state index in [-0.39, 0.29) is 24.3 Å². The molecule has 5 heteroatoms. The van der Waals surface area contributed by atoms with Crippen LogP contribution in [0.4, 0.5) is 0 Å². The Balaban J connectivity index is 1.61. The number of carbonyl (C=O) groups excluding carboxylic acids is 2. The van der Waals surface area contributed by atoms with Crippen molar-refractivity contribution in [2.24, 2.45) is 0 Å². The number of rotatable bonds is 6. The number of hydrogen-bond donors (Lipinski definition) is 0. The maximum atomic E-state index is 12.8. The SMILES string of the molecule is CC(=O)N1CCc2ccccc2C1CC(=O)N(C)CCOc1cccc(C)c1. The standard InChI is InChI=1S/C23H28N2O3/c1-17-7-6-9-20(15-17)28-14-13-24(3)23(27)16-22-21-10-5-4-8-19(21)11-12-25(22)18(2)26/h4-10,15,22H,11-14,16H2,1-3H3. The van der Waals surface area contributed by atoms with Crippen molar-refractivity contribution in [2.45, 2.75) is 32.7 Å². The number of ether oxygens (including phenoxy) is 1. The van der Waals surface area contributed by atoms with Crippen LogP contribution in [0.3, 0.4) is 0 Å². The Labute approximate surface area is 166 Å². The van der Waals surface area contributed by atoms with Gasteiger partial charge in [-0.3, -0.25) is 9.59 Å². The van der Waals surface area contributed by atoms with Crippen LogP contribution in [-0.4, -0.2) is 48.4 Å². The largest absolute Gasteiger partial charge is 0.492 e. The third kappa shape index (κ3) is 4.71. The molecule has 0 radical (unpaired) electrons. The summed E-state index contributed by atoms with van der Waals surface area (Å²) in [4.78, 5) is 28.4. The molecular weight excluding hydrogens is 352 g/mol. The van der Waals surface area contributed by atoms with E-state index in [4.69, 9.17) is 4.74 Å². The van der Waals surface area contributed by atoms with E-state index in [0.29, 0.717) is 19.7 Å². The van der Waals surface area contributed by atoms with E-state index in [9.17, 15) is 9.59 Å². The van der Waals surface area contributed by atoms with Gasteiger partial charge < -0.3 is 14.5 Å². The van der Waals surface area contributed by atoms with E-state index < -0.39 is 0 Å². The third-order valence-electron chi connectivity index (χ3n) is 5.30. The molecule has 2 amide bonds. The summed E-state index contributed by atoms with van der Waals surface area (Å²) in [6, 6.07) is 15.8. The van der Waals surface area contributed by atoms with Crippen LogP contribution in [-0.2, 0) is 16.0 Å². The first-order valence-corrected chi connectivity index (χ1v) is 9.74. The zero-order valence-electron chi connectivity index (χ0n) is 16.9. The van der Waals surface area contributed by atoms with Crippen LogP contribution >= 0.6 is 0 Å². The average Bonchev–Trinajstić information content (AvgIpc) is 2.68. The number of hydrogen-bond acceptors (Lipinski definition) is 3. The molecule has 3 rings (SSSR count). The summed E-state index contributed by atoms with van der Waals surface area (Å²) in [5, 5.41) is 0. The van der Waals surface area contributed by atoms with Crippen LogP contribution in [0.15, 0.2) is 48.5 Å². The molecule has 1 unspecified atom stereocenters. The fraction of sp³-hybridized carbons (Fsp3) is 0.391. The van der Waals surface area contributed by atoms with E-state index in [0.717, 1.165) is 23.3 Å². The molecule has 0 bridgehead atoms. The van der Waals surface area contributed by atoms with Gasteiger partial charge in [0, 0.05) is 20.5 Å². The van der Waals surface area contributed by atoms with Gasteiger partial charge in [0.15, 0.2) is 0 Å². The Morgan fingerprint density at radius 2 is 1.96 bits per heavy atom. The van der Waals surface area contributed by atoms with Crippen LogP contribution in [0, 0.1) is 6.92 Å². The van der Waals surface area contributed by atoms with Crippen molar-refractivity contribution in [1.82, 2.24) is 9.80 Å². The van der Waals surface area contributed by atoms with Gasteiger partial charge in [-0.1, -0.05) is 36.4 Å². The lowest BCUT2D eigenvalue weighted by atomic mass is 9.90. The van der Waals surface area contributed by atoms with Gasteiger partial charge in [0.1, 0.15) is 12.4 Å².